The van der Waals surface area contributed by atoms with E-state index in [4.69, 9.17) is 11.5 Å². The normalized spacial score (nSPS) is 20.2. The van der Waals surface area contributed by atoms with E-state index in [0.717, 1.165) is 0 Å². The summed E-state index contributed by atoms with van der Waals surface area (Å²) in [6.45, 7) is 9.78. The number of thiol groups is 2. The van der Waals surface area contributed by atoms with E-state index in [9.17, 15) is 67.7 Å². The molecule has 13 atom stereocenters. The lowest BCUT2D eigenvalue weighted by atomic mass is 9.95. The number of unbranched alkanes of at least 4 members (excludes halogenated alkanes) is 1. The highest BCUT2D eigenvalue weighted by Gasteiger charge is 2.45. The number of aliphatic hydroxyl groups excluding tert-OH is 1. The summed E-state index contributed by atoms with van der Waals surface area (Å²) in [7, 11) is 0. The van der Waals surface area contributed by atoms with Crippen molar-refractivity contribution in [2.45, 2.75) is 185 Å². The first-order valence-corrected chi connectivity index (χ1v) is 30.5. The molecule has 474 valence electrons. The van der Waals surface area contributed by atoms with Gasteiger partial charge in [-0.25, -0.2) is 4.79 Å². The Bertz CT molecular complexity index is 2520. The van der Waals surface area contributed by atoms with Crippen LogP contribution in [0.25, 0.3) is 0 Å². The van der Waals surface area contributed by atoms with Gasteiger partial charge in [-0.15, -0.1) is 0 Å². The van der Waals surface area contributed by atoms with Crippen molar-refractivity contribution < 1.29 is 67.7 Å². The van der Waals surface area contributed by atoms with Crippen LogP contribution in [0.3, 0.4) is 0 Å². The fraction of sp³-hybridized carbons (Fsp3) is 0.679. The smallest absolute Gasteiger partial charge is 0.326 e. The molecule has 27 nitrogen and oxygen atoms in total. The highest BCUT2D eigenvalue weighted by molar-refractivity contribution is 7.80. The maximum Gasteiger partial charge on any atom is 0.326 e. The Balaban J connectivity index is 1.36. The summed E-state index contributed by atoms with van der Waals surface area (Å²) >= 11 is 8.41. The molecule has 3 saturated heterocycles. The lowest BCUT2D eigenvalue weighted by Crippen LogP contribution is -2.61. The van der Waals surface area contributed by atoms with Gasteiger partial charge < -0.3 is 78.9 Å². The Morgan fingerprint density at radius 2 is 1.08 bits per heavy atom. The van der Waals surface area contributed by atoms with Gasteiger partial charge in [-0.2, -0.15) is 25.3 Å². The summed E-state index contributed by atoms with van der Waals surface area (Å²) in [5, 5.41) is 40.6. The van der Waals surface area contributed by atoms with Crippen LogP contribution in [-0.4, -0.2) is 213 Å². The third-order valence-corrected chi connectivity index (χ3v) is 16.4. The predicted octanol–water partition coefficient (Wildman–Crippen LogP) is -2.78. The first-order valence-electron chi connectivity index (χ1n) is 29.2. The molecule has 0 spiro atoms. The first-order chi connectivity index (χ1) is 40.3. The molecular weight excluding hydrogens is 1140 g/mol. The minimum Gasteiger partial charge on any atom is -0.480 e. The first kappa shape index (κ1) is 70.9. The van der Waals surface area contributed by atoms with Crippen LogP contribution < -0.4 is 54.0 Å². The number of nitrogens with two attached hydrogens (primary N) is 2. The molecule has 29 heteroatoms. The number of amides is 11. The number of carboxylic acids is 1. The average Bonchev–Trinajstić information content (AvgIpc) is 3.13. The topological polar surface area (TPSA) is 403 Å². The Morgan fingerprint density at radius 1 is 0.576 bits per heavy atom. The summed E-state index contributed by atoms with van der Waals surface area (Å²) in [6.07, 6.45) is 4.14. The van der Waals surface area contributed by atoms with Crippen molar-refractivity contribution in [3.63, 3.8) is 0 Å². The number of aliphatic carboxylic acids is 1. The van der Waals surface area contributed by atoms with E-state index < -0.39 is 156 Å². The summed E-state index contributed by atoms with van der Waals surface area (Å²) in [6, 6.07) is -5.78. The maximum absolute atomic E-state index is 14.3. The monoisotopic (exact) mass is 1230 g/mol. The van der Waals surface area contributed by atoms with Gasteiger partial charge in [0.05, 0.1) is 12.6 Å². The molecule has 14 N–H and O–H groups in total. The van der Waals surface area contributed by atoms with Crippen LogP contribution in [-0.2, 0) is 64.0 Å². The number of carbonyl (C=O) groups is 12. The van der Waals surface area contributed by atoms with Gasteiger partial charge in [0, 0.05) is 37.6 Å². The van der Waals surface area contributed by atoms with Crippen LogP contribution in [0, 0.1) is 11.8 Å². The number of carboxylic acid groups (broad SMARTS) is 1. The summed E-state index contributed by atoms with van der Waals surface area (Å²) < 4.78 is 0. The van der Waals surface area contributed by atoms with E-state index in [2.05, 4.69) is 67.8 Å². The highest BCUT2D eigenvalue weighted by Crippen LogP contribution is 2.27. The fourth-order valence-electron chi connectivity index (χ4n) is 10.4. The predicted molar refractivity (Wildman–Crippen MR) is 319 cm³/mol. The number of aliphatic hydroxyl groups is 1. The third kappa shape index (κ3) is 20.0. The highest BCUT2D eigenvalue weighted by atomic mass is 32.1. The number of nitrogens with zero attached hydrogens (tertiary/aromatic N) is 3. The number of carbonyl (C=O) groups excluding carboxylic acids is 11. The Morgan fingerprint density at radius 3 is 1.64 bits per heavy atom. The lowest BCUT2D eigenvalue weighted by molar-refractivity contribution is -0.150. The molecule has 3 aliphatic heterocycles. The molecule has 1 aromatic rings. The summed E-state index contributed by atoms with van der Waals surface area (Å²) in [4.78, 5) is 167. The zero-order valence-electron chi connectivity index (χ0n) is 49.4. The Labute approximate surface area is 507 Å². The molecule has 1 aromatic carbocycles. The minimum atomic E-state index is -1.66. The lowest BCUT2D eigenvalue weighted by Gasteiger charge is -2.34. The van der Waals surface area contributed by atoms with Gasteiger partial charge in [-0.05, 0) is 89.2 Å². The SMILES string of the molecule is CC[C@H](C)[C@H](NC(=O)[C@@H](NC(=O)[C@@H]1CCCN1C(=O)[C@@H]1CCCN1C(=O)[C@H](C)NC(=O)[C@H](C)NC(=O)[C@H](CO)NC(=O)[C@H](Cc1ccccc1)NC(=O)[C@H](CS)NC(=O)[C@H](CS)NC(=O)[C@@H](N)CCCCN)C(C)C)C(=O)N1CCC[C@H]1C(=O)O. The molecule has 0 radical (unpaired) electrons. The molecule has 0 aliphatic carbocycles. The average molecular weight is 1230 g/mol. The summed E-state index contributed by atoms with van der Waals surface area (Å²) in [5.74, 6) is -10.2. The number of nitrogens with one attached hydrogen (secondary N) is 8. The number of likely N-dealkylation sites (tertiary alicyclic amines) is 3. The van der Waals surface area contributed by atoms with E-state index in [0.29, 0.717) is 63.5 Å². The zero-order chi connectivity index (χ0) is 63.2. The Kier molecular flexibility index (Phi) is 28.8. The molecule has 0 saturated carbocycles. The van der Waals surface area contributed by atoms with Crippen molar-refractivity contribution in [1.29, 1.82) is 0 Å². The second-order valence-electron chi connectivity index (χ2n) is 22.3. The van der Waals surface area contributed by atoms with Crippen LogP contribution >= 0.6 is 25.3 Å². The van der Waals surface area contributed by atoms with Gasteiger partial charge in [0.15, 0.2) is 0 Å². The fourth-order valence-corrected chi connectivity index (χ4v) is 10.9. The van der Waals surface area contributed by atoms with Gasteiger partial charge in [-0.1, -0.05) is 70.9 Å². The van der Waals surface area contributed by atoms with Gasteiger partial charge in [0.1, 0.15) is 66.5 Å². The van der Waals surface area contributed by atoms with Gasteiger partial charge in [0.2, 0.25) is 65.0 Å². The molecule has 85 heavy (non-hydrogen) atoms. The zero-order valence-corrected chi connectivity index (χ0v) is 51.2. The van der Waals surface area contributed by atoms with E-state index >= 15 is 0 Å². The number of benzene rings is 1. The standard InChI is InChI=1S/C56H89N13O14S2/c1-7-31(4)44(55(81)69-25-15-21-42(69)56(82)83)66-52(78)43(30(2)3)65-51(77)40-19-13-23-67(40)54(80)41-20-14-24-68(41)53(79)33(6)60-45(71)32(5)59-48(74)37(27-70)62-47(73)36(26-34-16-9-8-10-17-34)61-49(75)39(29-85)64-50(76)38(28-84)63-46(72)35(58)18-11-12-22-57/h8-10,16-17,30-33,35-44,70,84-85H,7,11-15,18-29,57-58H2,1-6H3,(H,59,74)(H,60,71)(H,61,75)(H,62,73)(H,63,72)(H,64,76)(H,65,77)(H,66,78)(H,82,83)/t31-,32-,33-,35-,36-,37-,38-,39-,40-,41-,42-,43-,44-/m0/s1. The summed E-state index contributed by atoms with van der Waals surface area (Å²) in [5.41, 5.74) is 12.1. The third-order valence-electron chi connectivity index (χ3n) is 15.7. The van der Waals surface area contributed by atoms with Crippen molar-refractivity contribution in [2.75, 3.05) is 44.3 Å². The van der Waals surface area contributed by atoms with Crippen molar-refractivity contribution >= 4 is 96.2 Å². The van der Waals surface area contributed by atoms with Gasteiger partial charge in [0.25, 0.3) is 0 Å². The van der Waals surface area contributed by atoms with Crippen molar-refractivity contribution in [3.05, 3.63) is 35.9 Å². The largest absolute Gasteiger partial charge is 0.480 e. The van der Waals surface area contributed by atoms with Crippen LogP contribution in [0.4, 0.5) is 0 Å². The van der Waals surface area contributed by atoms with Crippen LogP contribution in [0.1, 0.15) is 111 Å². The molecule has 3 aliphatic rings. The second kappa shape index (κ2) is 34.6. The second-order valence-corrected chi connectivity index (χ2v) is 23.1. The van der Waals surface area contributed by atoms with Crippen molar-refractivity contribution in [1.82, 2.24) is 57.2 Å². The molecule has 11 amide bonds. The quantitative estimate of drug-likeness (QED) is 0.0256. The molecule has 3 heterocycles. The number of rotatable bonds is 32. The van der Waals surface area contributed by atoms with Gasteiger partial charge >= 0.3 is 5.97 Å². The van der Waals surface area contributed by atoms with E-state index in [1.807, 2.05) is 6.92 Å². The van der Waals surface area contributed by atoms with Crippen LogP contribution in [0.15, 0.2) is 30.3 Å². The molecule has 0 bridgehead atoms. The molecule has 0 unspecified atom stereocenters. The van der Waals surface area contributed by atoms with E-state index in [1.165, 1.54) is 28.5 Å². The molecule has 0 aromatic heterocycles. The van der Waals surface area contributed by atoms with Crippen molar-refractivity contribution in [2.24, 2.45) is 23.3 Å². The van der Waals surface area contributed by atoms with Crippen molar-refractivity contribution in [3.8, 4) is 0 Å². The van der Waals surface area contributed by atoms with E-state index in [1.54, 1.807) is 51.1 Å². The number of hydrogen-bond acceptors (Lipinski definition) is 17. The van der Waals surface area contributed by atoms with Gasteiger partial charge in [-0.3, -0.25) is 52.7 Å². The maximum atomic E-state index is 14.3. The van der Waals surface area contributed by atoms with Crippen LogP contribution in [0.2, 0.25) is 0 Å². The molecule has 3 fully saturated rings. The van der Waals surface area contributed by atoms with E-state index in [-0.39, 0.29) is 56.3 Å². The molecule has 4 rings (SSSR count). The Hall–Kier alpha value is -6.56. The van der Waals surface area contributed by atoms with Crippen LogP contribution in [0.5, 0.6) is 0 Å². The minimum absolute atomic E-state index is 0.117. The number of hydrogen-bond donors (Lipinski definition) is 14. The molecular formula is C56H89N13O14S2.